The fraction of sp³-hybridized carbons (Fsp3) is 0.400. The van der Waals surface area contributed by atoms with Crippen molar-refractivity contribution >= 4 is 23.8 Å². The zero-order chi connectivity index (χ0) is 33.4. The fourth-order valence-corrected chi connectivity index (χ4v) is 5.02. The Kier molecular flexibility index (Phi) is 16.3. The molecule has 1 saturated heterocycles. The third kappa shape index (κ3) is 10.6. The number of nitrogens with one attached hydrogen (secondary N) is 2. The molecule has 4 rings (SSSR count). The number of aliphatic hydroxyl groups is 3. The van der Waals surface area contributed by atoms with E-state index in [4.69, 9.17) is 9.47 Å². The van der Waals surface area contributed by atoms with Crippen molar-refractivity contribution in [3.8, 4) is 22.4 Å². The molecule has 1 aliphatic heterocycles. The van der Waals surface area contributed by atoms with Crippen LogP contribution in [0.3, 0.4) is 0 Å². The number of nitrogens with zero attached hydrogens (tertiary/aromatic N) is 3. The predicted molar refractivity (Wildman–Crippen MR) is 152 cm³/mol. The molecule has 1 aliphatic rings. The van der Waals surface area contributed by atoms with Gasteiger partial charge in [0.15, 0.2) is 0 Å². The van der Waals surface area contributed by atoms with Gasteiger partial charge in [0, 0.05) is 32.0 Å². The summed E-state index contributed by atoms with van der Waals surface area (Å²) in [6.07, 6.45) is -6.25. The van der Waals surface area contributed by atoms with E-state index in [1.54, 1.807) is 11.5 Å². The number of carbonyl (C=O) groups is 4. The molecule has 6 atom stereocenters. The first-order valence-electron chi connectivity index (χ1n) is 14.3. The van der Waals surface area contributed by atoms with Crippen LogP contribution in [0.5, 0.6) is 0 Å². The quantitative estimate of drug-likeness (QED) is 0.0638. The number of carboxylic acid groups (broad SMARTS) is 2. The number of hydrogen-bond donors (Lipinski definition) is 5. The Morgan fingerprint density at radius 1 is 1.04 bits per heavy atom. The number of hydrogen-bond acceptors (Lipinski definition) is 13. The maximum absolute atomic E-state index is 12.3. The predicted octanol–water partition coefficient (Wildman–Crippen LogP) is -9.28. The molecular weight excluding hydrogens is 652 g/mol. The standard InChI is InChI=1S/C30H35N5O11.2Na/c1-17(36)32-24-22(37)14-30(29(43)44,46-26(24)25(39)23(38)15-31-27(40)28(41)42)45-13-5-12-35-16-21(33-34-35)20-10-8-19(9-11-20)18-6-3-2-4-7-18;;/h2-4,6-11,16,22-26,37-39H,5,12-15H2,1H3,(H,31,40)(H,32,36)(H,41,42)(H,43,44);;/q;2*+1/p-2/t22-,23+,24+,25+,26+,30+;;/m0../s1. The number of aryl methyl sites for hydroxylation is 1. The van der Waals surface area contributed by atoms with Crippen LogP contribution in [0.2, 0.25) is 0 Å². The normalized spacial score (nSPS) is 21.5. The van der Waals surface area contributed by atoms with E-state index in [1.165, 1.54) is 4.68 Å². The molecule has 3 aromatic rings. The SMILES string of the molecule is CC(=O)N[C@H]1[C@H]([C@H](O)[C@H](O)CNC(=O)C(=O)[O-])O[C@@](OCCCn2cc(-c3ccc(-c4ccccc4)cc3)nn2)(C(=O)[O-])C[C@@H]1O.[Na+].[Na+]. The number of rotatable bonds is 13. The van der Waals surface area contributed by atoms with Crippen molar-refractivity contribution in [2.45, 2.75) is 62.6 Å². The molecule has 0 aliphatic carbocycles. The molecule has 5 N–H and O–H groups in total. The Morgan fingerprint density at radius 2 is 1.67 bits per heavy atom. The molecule has 0 radical (unpaired) electrons. The molecule has 18 heteroatoms. The topological polar surface area (TPSA) is 248 Å². The van der Waals surface area contributed by atoms with Gasteiger partial charge in [-0.25, -0.2) is 0 Å². The van der Waals surface area contributed by atoms with E-state index in [2.05, 4.69) is 15.6 Å². The van der Waals surface area contributed by atoms with Gasteiger partial charge < -0.3 is 55.2 Å². The molecule has 48 heavy (non-hydrogen) atoms. The number of aliphatic hydroxyl groups excluding tert-OH is 3. The van der Waals surface area contributed by atoms with Gasteiger partial charge in [0.25, 0.3) is 5.91 Å². The first kappa shape index (κ1) is 41.4. The summed E-state index contributed by atoms with van der Waals surface area (Å²) in [6.45, 7) is 0.282. The van der Waals surface area contributed by atoms with Gasteiger partial charge in [-0.3, -0.25) is 14.3 Å². The van der Waals surface area contributed by atoms with E-state index < -0.39 is 73.0 Å². The third-order valence-corrected chi connectivity index (χ3v) is 7.33. The van der Waals surface area contributed by atoms with Crippen LogP contribution in [0.4, 0.5) is 0 Å². The Morgan fingerprint density at radius 3 is 2.27 bits per heavy atom. The number of amides is 2. The number of ether oxygens (including phenoxy) is 2. The van der Waals surface area contributed by atoms with E-state index in [1.807, 2.05) is 54.6 Å². The summed E-state index contributed by atoms with van der Waals surface area (Å²) >= 11 is 0. The molecule has 2 aromatic carbocycles. The van der Waals surface area contributed by atoms with Crippen molar-refractivity contribution in [2.24, 2.45) is 0 Å². The van der Waals surface area contributed by atoms with Gasteiger partial charge in [-0.1, -0.05) is 59.8 Å². The minimum atomic E-state index is -2.61. The van der Waals surface area contributed by atoms with E-state index >= 15 is 0 Å². The smallest absolute Gasteiger partial charge is 0.544 e. The molecule has 0 unspecified atom stereocenters. The van der Waals surface area contributed by atoms with Crippen LogP contribution in [-0.4, -0.2) is 103 Å². The number of aromatic nitrogens is 3. The van der Waals surface area contributed by atoms with E-state index in [9.17, 15) is 44.7 Å². The summed E-state index contributed by atoms with van der Waals surface area (Å²) in [6, 6.07) is 16.2. The first-order chi connectivity index (χ1) is 21.9. The van der Waals surface area contributed by atoms with Gasteiger partial charge in [0.05, 0.1) is 31.1 Å². The van der Waals surface area contributed by atoms with Crippen LogP contribution in [0.25, 0.3) is 22.4 Å². The molecule has 2 amide bonds. The summed E-state index contributed by atoms with van der Waals surface area (Å²) in [4.78, 5) is 45.9. The van der Waals surface area contributed by atoms with E-state index in [-0.39, 0.29) is 78.7 Å². The fourth-order valence-electron chi connectivity index (χ4n) is 5.02. The summed E-state index contributed by atoms with van der Waals surface area (Å²) in [5, 5.41) is 67.2. The Balaban J connectivity index is 0.00000400. The molecule has 2 heterocycles. The number of benzene rings is 2. The van der Waals surface area contributed by atoms with Gasteiger partial charge in [-0.15, -0.1) is 5.10 Å². The Hall–Kier alpha value is -2.74. The molecular formula is C30H33N5Na2O11. The number of aliphatic carboxylic acids is 2. The zero-order valence-corrected chi connectivity index (χ0v) is 30.6. The minimum Gasteiger partial charge on any atom is -0.544 e. The van der Waals surface area contributed by atoms with Gasteiger partial charge in [-0.05, 0) is 17.5 Å². The first-order valence-corrected chi connectivity index (χ1v) is 14.3. The minimum absolute atomic E-state index is 0. The second-order valence-electron chi connectivity index (χ2n) is 10.7. The summed E-state index contributed by atoms with van der Waals surface area (Å²) < 4.78 is 12.6. The van der Waals surface area contributed by atoms with Crippen molar-refractivity contribution in [1.29, 1.82) is 0 Å². The maximum atomic E-state index is 12.3. The van der Waals surface area contributed by atoms with Crippen LogP contribution < -0.4 is 80.0 Å². The second kappa shape index (κ2) is 18.9. The van der Waals surface area contributed by atoms with Crippen LogP contribution in [0, 0.1) is 0 Å². The average molecular weight is 686 g/mol. The van der Waals surface area contributed by atoms with E-state index in [0.717, 1.165) is 23.6 Å². The van der Waals surface area contributed by atoms with Crippen molar-refractivity contribution < 1.29 is 113 Å². The van der Waals surface area contributed by atoms with Gasteiger partial charge >= 0.3 is 59.1 Å². The Bertz CT molecular complexity index is 1530. The van der Waals surface area contributed by atoms with Crippen LogP contribution >= 0.6 is 0 Å². The van der Waals surface area contributed by atoms with Crippen molar-refractivity contribution in [2.75, 3.05) is 13.2 Å². The second-order valence-corrected chi connectivity index (χ2v) is 10.7. The van der Waals surface area contributed by atoms with Gasteiger partial charge in [0.2, 0.25) is 11.7 Å². The molecule has 1 fully saturated rings. The average Bonchev–Trinajstić information content (AvgIpc) is 3.51. The van der Waals surface area contributed by atoms with E-state index in [0.29, 0.717) is 5.69 Å². The van der Waals surface area contributed by atoms with Gasteiger partial charge in [-0.2, -0.15) is 0 Å². The molecule has 0 saturated carbocycles. The molecule has 16 nitrogen and oxygen atoms in total. The van der Waals surface area contributed by atoms with Crippen molar-refractivity contribution in [1.82, 2.24) is 25.6 Å². The number of carboxylic acids is 2. The van der Waals surface area contributed by atoms with Crippen LogP contribution in [0.15, 0.2) is 60.8 Å². The van der Waals surface area contributed by atoms with Crippen molar-refractivity contribution in [3.63, 3.8) is 0 Å². The van der Waals surface area contributed by atoms with Crippen molar-refractivity contribution in [3.05, 3.63) is 60.8 Å². The summed E-state index contributed by atoms with van der Waals surface area (Å²) in [7, 11) is 0. The summed E-state index contributed by atoms with van der Waals surface area (Å²) in [5.74, 6) is -8.85. The Labute approximate surface area is 319 Å². The van der Waals surface area contributed by atoms with Crippen LogP contribution in [0.1, 0.15) is 19.8 Å². The van der Waals surface area contributed by atoms with Crippen LogP contribution in [-0.2, 0) is 35.2 Å². The number of carbonyl (C=O) groups excluding carboxylic acids is 4. The monoisotopic (exact) mass is 685 g/mol. The largest absolute Gasteiger partial charge is 1.00 e. The third-order valence-electron chi connectivity index (χ3n) is 7.33. The van der Waals surface area contributed by atoms with Gasteiger partial charge in [0.1, 0.15) is 29.8 Å². The zero-order valence-electron chi connectivity index (χ0n) is 26.6. The summed E-state index contributed by atoms with van der Waals surface area (Å²) in [5.41, 5.74) is 3.56. The molecule has 1 aromatic heterocycles. The molecule has 246 valence electrons. The maximum Gasteiger partial charge on any atom is 1.00 e. The molecule has 0 bridgehead atoms. The molecule has 0 spiro atoms.